The molecule has 1 N–H and O–H groups in total. The molecule has 0 aliphatic heterocycles. The second-order valence-electron chi connectivity index (χ2n) is 2.50. The molecule has 0 radical (unpaired) electrons. The van der Waals surface area contributed by atoms with Crippen molar-refractivity contribution in [1.29, 1.82) is 0 Å². The van der Waals surface area contributed by atoms with E-state index in [1.807, 2.05) is 6.92 Å². The van der Waals surface area contributed by atoms with Crippen LogP contribution in [-0.2, 0) is 4.79 Å². The fourth-order valence-electron chi connectivity index (χ4n) is 0.805. The van der Waals surface area contributed by atoms with Crippen LogP contribution in [0.15, 0.2) is 6.20 Å². The number of terminal acetylenes is 1. The van der Waals surface area contributed by atoms with Crippen molar-refractivity contribution in [2.24, 2.45) is 0 Å². The number of carbonyl (C=O) groups excluding carboxylic acids is 1. The van der Waals surface area contributed by atoms with Gasteiger partial charge >= 0.3 is 0 Å². The number of rotatable bonds is 3. The Morgan fingerprint density at radius 1 is 1.85 bits per heavy atom. The second-order valence-corrected chi connectivity index (χ2v) is 3.73. The molecule has 0 aromatic carbocycles. The van der Waals surface area contributed by atoms with Crippen LogP contribution in [0.25, 0.3) is 0 Å². The van der Waals surface area contributed by atoms with Gasteiger partial charge in [0.15, 0.2) is 0 Å². The summed E-state index contributed by atoms with van der Waals surface area (Å²) in [5.41, 5.74) is 0. The van der Waals surface area contributed by atoms with Gasteiger partial charge in [-0.15, -0.1) is 23.7 Å². The normalized spacial score (nSPS) is 9.23. The van der Waals surface area contributed by atoms with Crippen LogP contribution in [-0.4, -0.2) is 10.9 Å². The Balaban J connectivity index is 2.41. The monoisotopic (exact) mass is 194 g/mol. The molecule has 3 nitrogen and oxygen atoms in total. The van der Waals surface area contributed by atoms with Gasteiger partial charge < -0.3 is 5.32 Å². The Hall–Kier alpha value is -1.34. The maximum atomic E-state index is 11.2. The summed E-state index contributed by atoms with van der Waals surface area (Å²) in [5.74, 6) is 2.36. The molecule has 1 aromatic heterocycles. The zero-order valence-electron chi connectivity index (χ0n) is 7.33. The summed E-state index contributed by atoms with van der Waals surface area (Å²) in [7, 11) is 0. The standard InChI is InChI=1S/C9H10N2OS/c1-3-4-5-8(12)11-9-6-10-7(2)13-9/h1,6H,4-5H2,2H3,(H,11,12). The Kier molecular flexibility index (Phi) is 3.47. The van der Waals surface area contributed by atoms with Gasteiger partial charge in [-0.2, -0.15) is 0 Å². The third-order valence-electron chi connectivity index (χ3n) is 1.38. The smallest absolute Gasteiger partial charge is 0.225 e. The van der Waals surface area contributed by atoms with E-state index in [4.69, 9.17) is 6.42 Å². The maximum absolute atomic E-state index is 11.2. The minimum atomic E-state index is -0.0541. The van der Waals surface area contributed by atoms with Crippen LogP contribution in [0.3, 0.4) is 0 Å². The molecule has 4 heteroatoms. The van der Waals surface area contributed by atoms with Gasteiger partial charge in [-0.25, -0.2) is 4.98 Å². The van der Waals surface area contributed by atoms with Gasteiger partial charge in [-0.05, 0) is 6.92 Å². The van der Waals surface area contributed by atoms with Crippen LogP contribution < -0.4 is 5.32 Å². The first-order valence-electron chi connectivity index (χ1n) is 3.88. The fraction of sp³-hybridized carbons (Fsp3) is 0.333. The molecule has 1 amide bonds. The van der Waals surface area contributed by atoms with Crippen LogP contribution in [0.4, 0.5) is 5.00 Å². The minimum absolute atomic E-state index is 0.0541. The highest BCUT2D eigenvalue weighted by Gasteiger charge is 2.02. The van der Waals surface area contributed by atoms with Crippen molar-refractivity contribution in [2.45, 2.75) is 19.8 Å². The average Bonchev–Trinajstić information content (AvgIpc) is 2.48. The predicted molar refractivity (Wildman–Crippen MR) is 53.5 cm³/mol. The largest absolute Gasteiger partial charge is 0.316 e. The topological polar surface area (TPSA) is 42.0 Å². The number of nitrogens with zero attached hydrogens (tertiary/aromatic N) is 1. The SMILES string of the molecule is C#CCCC(=O)Nc1cnc(C)s1. The van der Waals surface area contributed by atoms with E-state index in [0.29, 0.717) is 12.8 Å². The van der Waals surface area contributed by atoms with E-state index in [2.05, 4.69) is 16.2 Å². The lowest BCUT2D eigenvalue weighted by Gasteiger charge is -1.97. The number of hydrogen-bond acceptors (Lipinski definition) is 3. The summed E-state index contributed by atoms with van der Waals surface area (Å²) >= 11 is 1.45. The van der Waals surface area contributed by atoms with Gasteiger partial charge in [0.2, 0.25) is 5.91 Å². The highest BCUT2D eigenvalue weighted by Crippen LogP contribution is 2.17. The molecule has 0 unspecified atom stereocenters. The molecule has 0 fully saturated rings. The fourth-order valence-corrected chi connectivity index (χ4v) is 1.50. The molecular formula is C9H10N2OS. The van der Waals surface area contributed by atoms with Crippen LogP contribution >= 0.6 is 11.3 Å². The van der Waals surface area contributed by atoms with Gasteiger partial charge in [-0.3, -0.25) is 4.79 Å². The van der Waals surface area contributed by atoms with Gasteiger partial charge in [-0.1, -0.05) is 0 Å². The van der Waals surface area contributed by atoms with Crippen molar-refractivity contribution in [3.8, 4) is 12.3 Å². The number of aryl methyl sites for hydroxylation is 1. The number of amides is 1. The molecule has 0 saturated heterocycles. The zero-order chi connectivity index (χ0) is 9.68. The molecule has 0 aliphatic carbocycles. The Labute approximate surface area is 81.2 Å². The number of carbonyl (C=O) groups is 1. The van der Waals surface area contributed by atoms with Crippen molar-refractivity contribution in [3.05, 3.63) is 11.2 Å². The summed E-state index contributed by atoms with van der Waals surface area (Å²) in [6, 6.07) is 0. The van der Waals surface area contributed by atoms with E-state index < -0.39 is 0 Å². The molecule has 1 heterocycles. The van der Waals surface area contributed by atoms with Crippen LogP contribution in [0.2, 0.25) is 0 Å². The van der Waals surface area contributed by atoms with Gasteiger partial charge in [0.25, 0.3) is 0 Å². The molecule has 1 aromatic rings. The highest BCUT2D eigenvalue weighted by atomic mass is 32.1. The third-order valence-corrected chi connectivity index (χ3v) is 2.21. The van der Waals surface area contributed by atoms with E-state index >= 15 is 0 Å². The van der Waals surface area contributed by atoms with E-state index in [-0.39, 0.29) is 5.91 Å². The summed E-state index contributed by atoms with van der Waals surface area (Å²) in [6.45, 7) is 1.89. The number of thiazole rings is 1. The molecule has 0 atom stereocenters. The van der Waals surface area contributed by atoms with E-state index in [0.717, 1.165) is 10.0 Å². The van der Waals surface area contributed by atoms with Gasteiger partial charge in [0, 0.05) is 12.8 Å². The molecule has 0 aliphatic rings. The molecule has 68 valence electrons. The summed E-state index contributed by atoms with van der Waals surface area (Å²) in [4.78, 5) is 15.2. The predicted octanol–water partition coefficient (Wildman–Crippen LogP) is 1.80. The first-order valence-corrected chi connectivity index (χ1v) is 4.70. The summed E-state index contributed by atoms with van der Waals surface area (Å²) in [5, 5.41) is 4.43. The molecular weight excluding hydrogens is 184 g/mol. The molecule has 0 bridgehead atoms. The summed E-state index contributed by atoms with van der Waals surface area (Å²) in [6.07, 6.45) is 7.53. The van der Waals surface area contributed by atoms with Crippen molar-refractivity contribution < 1.29 is 4.79 Å². The average molecular weight is 194 g/mol. The lowest BCUT2D eigenvalue weighted by atomic mass is 10.3. The van der Waals surface area contributed by atoms with Crippen LogP contribution in [0.1, 0.15) is 17.8 Å². The van der Waals surface area contributed by atoms with E-state index in [1.165, 1.54) is 11.3 Å². The molecule has 13 heavy (non-hydrogen) atoms. The Bertz CT molecular complexity index is 338. The Morgan fingerprint density at radius 2 is 2.62 bits per heavy atom. The third kappa shape index (κ3) is 3.26. The number of nitrogens with one attached hydrogen (secondary N) is 1. The quantitative estimate of drug-likeness (QED) is 0.745. The van der Waals surface area contributed by atoms with E-state index in [9.17, 15) is 4.79 Å². The lowest BCUT2D eigenvalue weighted by molar-refractivity contribution is -0.116. The van der Waals surface area contributed by atoms with E-state index in [1.54, 1.807) is 6.20 Å². The number of hydrogen-bond donors (Lipinski definition) is 1. The number of anilines is 1. The lowest BCUT2D eigenvalue weighted by Crippen LogP contribution is -2.09. The molecule has 0 saturated carbocycles. The van der Waals surface area contributed by atoms with Crippen LogP contribution in [0, 0.1) is 19.3 Å². The van der Waals surface area contributed by atoms with Crippen molar-refractivity contribution >= 4 is 22.2 Å². The van der Waals surface area contributed by atoms with Crippen molar-refractivity contribution in [2.75, 3.05) is 5.32 Å². The van der Waals surface area contributed by atoms with Gasteiger partial charge in [0.1, 0.15) is 5.00 Å². The zero-order valence-corrected chi connectivity index (χ0v) is 8.15. The highest BCUT2D eigenvalue weighted by molar-refractivity contribution is 7.15. The molecule has 1 rings (SSSR count). The van der Waals surface area contributed by atoms with Crippen molar-refractivity contribution in [3.63, 3.8) is 0 Å². The van der Waals surface area contributed by atoms with Crippen molar-refractivity contribution in [1.82, 2.24) is 4.98 Å². The number of aromatic nitrogens is 1. The first-order chi connectivity index (χ1) is 6.22. The molecule has 0 spiro atoms. The minimum Gasteiger partial charge on any atom is -0.316 e. The van der Waals surface area contributed by atoms with Crippen LogP contribution in [0.5, 0.6) is 0 Å². The van der Waals surface area contributed by atoms with Gasteiger partial charge in [0.05, 0.1) is 11.2 Å². The first kappa shape index (κ1) is 9.75. The Morgan fingerprint density at radius 3 is 3.15 bits per heavy atom. The summed E-state index contributed by atoms with van der Waals surface area (Å²) < 4.78 is 0. The second kappa shape index (κ2) is 4.63. The maximum Gasteiger partial charge on any atom is 0.225 e.